The van der Waals surface area contributed by atoms with Crippen LogP contribution >= 0.6 is 0 Å². The van der Waals surface area contributed by atoms with E-state index in [2.05, 4.69) is 13.8 Å². The van der Waals surface area contributed by atoms with Crippen LogP contribution in [0.3, 0.4) is 0 Å². The van der Waals surface area contributed by atoms with E-state index < -0.39 is 0 Å². The fraction of sp³-hybridized carbons (Fsp3) is 1.00. The quantitative estimate of drug-likeness (QED) is 0.607. The first-order valence-electron chi connectivity index (χ1n) is 4.46. The van der Waals surface area contributed by atoms with E-state index in [0.29, 0.717) is 12.5 Å². The molecule has 10 heavy (non-hydrogen) atoms. The highest BCUT2D eigenvalue weighted by Gasteiger charge is 2.03. The van der Waals surface area contributed by atoms with Crippen LogP contribution in [-0.4, -0.2) is 11.7 Å². The molecular weight excluding hydrogens is 124 g/mol. The predicted octanol–water partition coefficient (Wildman–Crippen LogP) is 2.59. The van der Waals surface area contributed by atoms with Gasteiger partial charge in [-0.25, -0.2) is 0 Å². The molecule has 0 aliphatic heterocycles. The van der Waals surface area contributed by atoms with Gasteiger partial charge < -0.3 is 5.11 Å². The van der Waals surface area contributed by atoms with Gasteiger partial charge in [-0.3, -0.25) is 0 Å². The third-order valence-electron chi connectivity index (χ3n) is 1.92. The molecule has 0 spiro atoms. The average molecular weight is 144 g/mol. The molecule has 0 aromatic rings. The molecule has 1 nitrogen and oxygen atoms in total. The van der Waals surface area contributed by atoms with E-state index in [1.165, 1.54) is 32.1 Å². The van der Waals surface area contributed by atoms with Crippen LogP contribution in [0.4, 0.5) is 0 Å². The van der Waals surface area contributed by atoms with E-state index in [1.807, 2.05) is 0 Å². The van der Waals surface area contributed by atoms with Crippen molar-refractivity contribution >= 4 is 0 Å². The van der Waals surface area contributed by atoms with Gasteiger partial charge in [0.05, 0.1) is 0 Å². The lowest BCUT2D eigenvalue weighted by Crippen LogP contribution is -2.04. The second-order valence-corrected chi connectivity index (χ2v) is 2.98. The molecule has 62 valence electrons. The minimum Gasteiger partial charge on any atom is -0.396 e. The summed E-state index contributed by atoms with van der Waals surface area (Å²) in [7, 11) is 0. The zero-order valence-electron chi connectivity index (χ0n) is 7.27. The van der Waals surface area contributed by atoms with Gasteiger partial charge in [-0.05, 0) is 18.8 Å². The van der Waals surface area contributed by atoms with Crippen molar-refractivity contribution in [3.05, 3.63) is 0 Å². The van der Waals surface area contributed by atoms with Gasteiger partial charge in [-0.2, -0.15) is 0 Å². The van der Waals surface area contributed by atoms with Gasteiger partial charge in [0.2, 0.25) is 0 Å². The van der Waals surface area contributed by atoms with Gasteiger partial charge in [-0.1, -0.05) is 33.1 Å². The first-order chi connectivity index (χ1) is 4.85. The van der Waals surface area contributed by atoms with Crippen molar-refractivity contribution in [3.8, 4) is 0 Å². The lowest BCUT2D eigenvalue weighted by molar-refractivity contribution is 0.207. The number of hydrogen-bond acceptors (Lipinski definition) is 1. The van der Waals surface area contributed by atoms with Crippen LogP contribution in [0.5, 0.6) is 0 Å². The lowest BCUT2D eigenvalue weighted by Gasteiger charge is -2.10. The minimum absolute atomic E-state index is 0.383. The standard InChI is InChI=1S/C9H20O/c1-3-5-7-9(8-10)6-4-2/h9-10H,3-8H2,1-2H3/t9-/m1/s1. The first kappa shape index (κ1) is 9.96. The summed E-state index contributed by atoms with van der Waals surface area (Å²) in [4.78, 5) is 0. The van der Waals surface area contributed by atoms with E-state index >= 15 is 0 Å². The summed E-state index contributed by atoms with van der Waals surface area (Å²) in [6.45, 7) is 4.75. The molecule has 0 aliphatic rings. The Balaban J connectivity index is 3.21. The van der Waals surface area contributed by atoms with Crippen molar-refractivity contribution in [2.75, 3.05) is 6.61 Å². The van der Waals surface area contributed by atoms with Crippen molar-refractivity contribution in [2.24, 2.45) is 5.92 Å². The Bertz CT molecular complexity index is 61.7. The molecular formula is C9H20O. The van der Waals surface area contributed by atoms with Gasteiger partial charge in [0, 0.05) is 6.61 Å². The molecule has 0 saturated carbocycles. The van der Waals surface area contributed by atoms with Gasteiger partial charge >= 0.3 is 0 Å². The van der Waals surface area contributed by atoms with Gasteiger partial charge in [0.25, 0.3) is 0 Å². The number of unbranched alkanes of at least 4 members (excludes halogenated alkanes) is 1. The fourth-order valence-corrected chi connectivity index (χ4v) is 1.23. The summed E-state index contributed by atoms with van der Waals surface area (Å²) in [6.07, 6.45) is 6.12. The molecule has 0 aliphatic carbocycles. The van der Waals surface area contributed by atoms with Crippen molar-refractivity contribution in [1.82, 2.24) is 0 Å². The smallest absolute Gasteiger partial charge is 0.0459 e. The molecule has 0 rings (SSSR count). The van der Waals surface area contributed by atoms with E-state index in [-0.39, 0.29) is 0 Å². The van der Waals surface area contributed by atoms with Crippen molar-refractivity contribution in [1.29, 1.82) is 0 Å². The minimum atomic E-state index is 0.383. The molecule has 0 saturated heterocycles. The molecule has 0 unspecified atom stereocenters. The highest BCUT2D eigenvalue weighted by Crippen LogP contribution is 2.13. The normalized spacial score (nSPS) is 13.5. The van der Waals surface area contributed by atoms with E-state index in [4.69, 9.17) is 5.11 Å². The maximum Gasteiger partial charge on any atom is 0.0459 e. The highest BCUT2D eigenvalue weighted by atomic mass is 16.3. The van der Waals surface area contributed by atoms with E-state index in [1.54, 1.807) is 0 Å². The molecule has 0 radical (unpaired) electrons. The summed E-state index contributed by atoms with van der Waals surface area (Å²) in [5, 5.41) is 8.88. The van der Waals surface area contributed by atoms with Crippen molar-refractivity contribution in [2.45, 2.75) is 46.0 Å². The number of aliphatic hydroxyl groups is 1. The molecule has 1 N–H and O–H groups in total. The maximum absolute atomic E-state index is 8.88. The number of hydrogen-bond donors (Lipinski definition) is 1. The van der Waals surface area contributed by atoms with Crippen LogP contribution in [-0.2, 0) is 0 Å². The maximum atomic E-state index is 8.88. The topological polar surface area (TPSA) is 20.2 Å². The molecule has 0 heterocycles. The van der Waals surface area contributed by atoms with Crippen LogP contribution < -0.4 is 0 Å². The Morgan fingerprint density at radius 1 is 1.10 bits per heavy atom. The number of rotatable bonds is 6. The Kier molecular flexibility index (Phi) is 7.04. The monoisotopic (exact) mass is 144 g/mol. The Hall–Kier alpha value is -0.0400. The third-order valence-corrected chi connectivity index (χ3v) is 1.92. The molecule has 0 aromatic heterocycles. The average Bonchev–Trinajstić information content (AvgIpc) is 1.98. The zero-order valence-corrected chi connectivity index (χ0v) is 7.27. The van der Waals surface area contributed by atoms with Gasteiger partial charge in [-0.15, -0.1) is 0 Å². The largest absolute Gasteiger partial charge is 0.396 e. The predicted molar refractivity (Wildman–Crippen MR) is 45.0 cm³/mol. The Labute approximate surface area is 64.5 Å². The number of aliphatic hydroxyl groups excluding tert-OH is 1. The lowest BCUT2D eigenvalue weighted by atomic mass is 9.98. The molecule has 0 aromatic carbocycles. The van der Waals surface area contributed by atoms with E-state index in [0.717, 1.165) is 0 Å². The van der Waals surface area contributed by atoms with Crippen LogP contribution in [0.1, 0.15) is 46.0 Å². The molecule has 1 heteroatoms. The highest BCUT2D eigenvalue weighted by molar-refractivity contribution is 4.55. The molecule has 0 fully saturated rings. The van der Waals surface area contributed by atoms with Crippen LogP contribution in [0.25, 0.3) is 0 Å². The second kappa shape index (κ2) is 7.07. The molecule has 1 atom stereocenters. The van der Waals surface area contributed by atoms with Crippen LogP contribution in [0.15, 0.2) is 0 Å². The molecule has 0 bridgehead atoms. The van der Waals surface area contributed by atoms with Gasteiger partial charge in [0.15, 0.2) is 0 Å². The Morgan fingerprint density at radius 2 is 1.80 bits per heavy atom. The van der Waals surface area contributed by atoms with Gasteiger partial charge in [0.1, 0.15) is 0 Å². The first-order valence-corrected chi connectivity index (χ1v) is 4.46. The second-order valence-electron chi connectivity index (χ2n) is 2.98. The SMILES string of the molecule is CCCC[C@H](CO)CCC. The summed E-state index contributed by atoms with van der Waals surface area (Å²) < 4.78 is 0. The van der Waals surface area contributed by atoms with Crippen LogP contribution in [0.2, 0.25) is 0 Å². The van der Waals surface area contributed by atoms with Crippen molar-refractivity contribution < 1.29 is 5.11 Å². The fourth-order valence-electron chi connectivity index (χ4n) is 1.23. The summed E-state index contributed by atoms with van der Waals surface area (Å²) in [6, 6.07) is 0. The van der Waals surface area contributed by atoms with Crippen LogP contribution in [0, 0.1) is 5.92 Å². The van der Waals surface area contributed by atoms with E-state index in [9.17, 15) is 0 Å². The Morgan fingerprint density at radius 3 is 2.20 bits per heavy atom. The zero-order chi connectivity index (χ0) is 7.82. The van der Waals surface area contributed by atoms with Crippen molar-refractivity contribution in [3.63, 3.8) is 0 Å². The summed E-state index contributed by atoms with van der Waals surface area (Å²) in [5.74, 6) is 0.574. The molecule has 0 amide bonds. The third kappa shape index (κ3) is 4.80. The summed E-state index contributed by atoms with van der Waals surface area (Å²) >= 11 is 0. The summed E-state index contributed by atoms with van der Waals surface area (Å²) in [5.41, 5.74) is 0.